The standard InChI is InChI=1S/C26H28N2O3/c1-20(2)16-17-30-24-14-12-22(13-15-24)26(29)28-27-18-23-10-6-7-11-25(23)31-19-21-8-4-3-5-9-21/h3-15,18,20H,16-17,19H2,1-2H3,(H,28,29)/b27-18+. The molecule has 0 unspecified atom stereocenters. The first kappa shape index (κ1) is 22.1. The number of benzene rings is 3. The fourth-order valence-electron chi connectivity index (χ4n) is 2.79. The molecule has 3 rings (SSSR count). The van der Waals surface area contributed by atoms with Gasteiger partial charge in [-0.1, -0.05) is 56.3 Å². The van der Waals surface area contributed by atoms with Gasteiger partial charge in [0, 0.05) is 11.1 Å². The molecule has 0 aromatic heterocycles. The number of amides is 1. The Morgan fingerprint density at radius 2 is 1.65 bits per heavy atom. The third-order valence-corrected chi connectivity index (χ3v) is 4.61. The van der Waals surface area contributed by atoms with Gasteiger partial charge in [-0.25, -0.2) is 5.43 Å². The topological polar surface area (TPSA) is 59.9 Å². The molecule has 0 atom stereocenters. The van der Waals surface area contributed by atoms with E-state index in [-0.39, 0.29) is 5.91 Å². The van der Waals surface area contributed by atoms with E-state index in [1.54, 1.807) is 30.5 Å². The quantitative estimate of drug-likeness (QED) is 0.353. The molecule has 0 radical (unpaired) electrons. The molecule has 5 heteroatoms. The van der Waals surface area contributed by atoms with Crippen molar-refractivity contribution >= 4 is 12.1 Å². The predicted molar refractivity (Wildman–Crippen MR) is 124 cm³/mol. The van der Waals surface area contributed by atoms with E-state index in [2.05, 4.69) is 24.4 Å². The van der Waals surface area contributed by atoms with Crippen LogP contribution in [-0.2, 0) is 6.61 Å². The number of carbonyl (C=O) groups excluding carboxylic acids is 1. The highest BCUT2D eigenvalue weighted by molar-refractivity contribution is 5.95. The van der Waals surface area contributed by atoms with Crippen molar-refractivity contribution in [2.45, 2.75) is 26.9 Å². The molecule has 0 bridgehead atoms. The van der Waals surface area contributed by atoms with Crippen molar-refractivity contribution in [3.8, 4) is 11.5 Å². The van der Waals surface area contributed by atoms with Crippen LogP contribution in [0.25, 0.3) is 0 Å². The van der Waals surface area contributed by atoms with Gasteiger partial charge in [0.05, 0.1) is 12.8 Å². The normalized spacial score (nSPS) is 10.9. The first-order chi connectivity index (χ1) is 15.1. The molecule has 0 aliphatic rings. The van der Waals surface area contributed by atoms with Crippen LogP contribution < -0.4 is 14.9 Å². The molecule has 3 aromatic carbocycles. The van der Waals surface area contributed by atoms with Crippen molar-refractivity contribution in [2.75, 3.05) is 6.61 Å². The lowest BCUT2D eigenvalue weighted by atomic mass is 10.1. The van der Waals surface area contributed by atoms with Crippen LogP contribution in [0.3, 0.4) is 0 Å². The number of nitrogens with zero attached hydrogens (tertiary/aromatic N) is 1. The molecule has 0 fully saturated rings. The smallest absolute Gasteiger partial charge is 0.271 e. The average molecular weight is 417 g/mol. The molecular formula is C26H28N2O3. The maximum absolute atomic E-state index is 12.3. The van der Waals surface area contributed by atoms with E-state index in [4.69, 9.17) is 9.47 Å². The molecule has 31 heavy (non-hydrogen) atoms. The zero-order valence-corrected chi connectivity index (χ0v) is 18.0. The number of nitrogens with one attached hydrogen (secondary N) is 1. The molecule has 3 aromatic rings. The molecule has 1 amide bonds. The molecule has 0 aliphatic carbocycles. The summed E-state index contributed by atoms with van der Waals surface area (Å²) in [6.07, 6.45) is 2.58. The lowest BCUT2D eigenvalue weighted by Crippen LogP contribution is -2.17. The molecular weight excluding hydrogens is 388 g/mol. The Balaban J connectivity index is 1.53. The lowest BCUT2D eigenvalue weighted by molar-refractivity contribution is 0.0955. The largest absolute Gasteiger partial charge is 0.494 e. The average Bonchev–Trinajstić information content (AvgIpc) is 2.79. The number of rotatable bonds is 10. The Bertz CT molecular complexity index is 983. The van der Waals surface area contributed by atoms with Crippen LogP contribution in [0.15, 0.2) is 84.0 Å². The fourth-order valence-corrected chi connectivity index (χ4v) is 2.79. The third-order valence-electron chi connectivity index (χ3n) is 4.61. The highest BCUT2D eigenvalue weighted by Gasteiger charge is 2.06. The highest BCUT2D eigenvalue weighted by atomic mass is 16.5. The maximum Gasteiger partial charge on any atom is 0.271 e. The second-order valence-corrected chi connectivity index (χ2v) is 7.57. The first-order valence-corrected chi connectivity index (χ1v) is 10.4. The van der Waals surface area contributed by atoms with Crippen LogP contribution in [0.5, 0.6) is 11.5 Å². The van der Waals surface area contributed by atoms with Crippen LogP contribution in [0, 0.1) is 5.92 Å². The SMILES string of the molecule is CC(C)CCOc1ccc(C(=O)N/N=C/c2ccccc2OCc2ccccc2)cc1. The molecule has 0 saturated heterocycles. The highest BCUT2D eigenvalue weighted by Crippen LogP contribution is 2.18. The zero-order chi connectivity index (χ0) is 21.9. The molecule has 0 aliphatic heterocycles. The van der Waals surface area contributed by atoms with Gasteiger partial charge in [-0.15, -0.1) is 0 Å². The minimum atomic E-state index is -0.285. The van der Waals surface area contributed by atoms with Crippen molar-refractivity contribution in [3.63, 3.8) is 0 Å². The molecule has 0 heterocycles. The molecule has 160 valence electrons. The Labute approximate surface area is 183 Å². The molecule has 5 nitrogen and oxygen atoms in total. The Hall–Kier alpha value is -3.60. The minimum Gasteiger partial charge on any atom is -0.494 e. The zero-order valence-electron chi connectivity index (χ0n) is 18.0. The van der Waals surface area contributed by atoms with Gasteiger partial charge >= 0.3 is 0 Å². The summed E-state index contributed by atoms with van der Waals surface area (Å²) in [6, 6.07) is 24.6. The predicted octanol–water partition coefficient (Wildman–Crippen LogP) is 5.45. The van der Waals surface area contributed by atoms with Gasteiger partial charge in [-0.05, 0) is 54.3 Å². The number of carbonyl (C=O) groups is 1. The van der Waals surface area contributed by atoms with Crippen molar-refractivity contribution in [1.29, 1.82) is 0 Å². The molecule has 0 spiro atoms. The Morgan fingerprint density at radius 3 is 2.39 bits per heavy atom. The van der Waals surface area contributed by atoms with E-state index >= 15 is 0 Å². The summed E-state index contributed by atoms with van der Waals surface area (Å²) in [5.74, 6) is 1.77. The molecule has 1 N–H and O–H groups in total. The van der Waals surface area contributed by atoms with Gasteiger partial charge < -0.3 is 9.47 Å². The number of hydrazone groups is 1. The summed E-state index contributed by atoms with van der Waals surface area (Å²) >= 11 is 0. The van der Waals surface area contributed by atoms with Gasteiger partial charge in [0.15, 0.2) is 0 Å². The van der Waals surface area contributed by atoms with E-state index in [0.29, 0.717) is 30.4 Å². The second kappa shape index (κ2) is 11.6. The first-order valence-electron chi connectivity index (χ1n) is 10.4. The second-order valence-electron chi connectivity index (χ2n) is 7.57. The van der Waals surface area contributed by atoms with Crippen molar-refractivity contribution in [3.05, 3.63) is 95.6 Å². The van der Waals surface area contributed by atoms with E-state index in [1.165, 1.54) is 0 Å². The van der Waals surface area contributed by atoms with E-state index in [1.807, 2.05) is 54.6 Å². The van der Waals surface area contributed by atoms with Crippen molar-refractivity contribution in [2.24, 2.45) is 11.0 Å². The number of hydrogen-bond donors (Lipinski definition) is 1. The van der Waals surface area contributed by atoms with Crippen LogP contribution in [-0.4, -0.2) is 18.7 Å². The van der Waals surface area contributed by atoms with Gasteiger partial charge in [0.25, 0.3) is 5.91 Å². The van der Waals surface area contributed by atoms with Crippen LogP contribution >= 0.6 is 0 Å². The van der Waals surface area contributed by atoms with E-state index < -0.39 is 0 Å². The molecule has 0 saturated carbocycles. The van der Waals surface area contributed by atoms with Gasteiger partial charge in [-0.2, -0.15) is 5.10 Å². The number of ether oxygens (including phenoxy) is 2. The fraction of sp³-hybridized carbons (Fsp3) is 0.231. The lowest BCUT2D eigenvalue weighted by Gasteiger charge is -2.09. The number of para-hydroxylation sites is 1. The Kier molecular flexibility index (Phi) is 8.23. The van der Waals surface area contributed by atoms with Gasteiger partial charge in [-0.3, -0.25) is 4.79 Å². The van der Waals surface area contributed by atoms with Gasteiger partial charge in [0.2, 0.25) is 0 Å². The van der Waals surface area contributed by atoms with Crippen LogP contribution in [0.1, 0.15) is 41.8 Å². The minimum absolute atomic E-state index is 0.285. The van der Waals surface area contributed by atoms with E-state index in [0.717, 1.165) is 23.3 Å². The summed E-state index contributed by atoms with van der Waals surface area (Å²) < 4.78 is 11.6. The Morgan fingerprint density at radius 1 is 0.935 bits per heavy atom. The summed E-state index contributed by atoms with van der Waals surface area (Å²) in [4.78, 5) is 12.3. The van der Waals surface area contributed by atoms with Crippen molar-refractivity contribution < 1.29 is 14.3 Å². The van der Waals surface area contributed by atoms with Gasteiger partial charge in [0.1, 0.15) is 18.1 Å². The third kappa shape index (κ3) is 7.30. The maximum atomic E-state index is 12.3. The summed E-state index contributed by atoms with van der Waals surface area (Å²) in [5.41, 5.74) is 4.94. The van der Waals surface area contributed by atoms with Crippen LogP contribution in [0.2, 0.25) is 0 Å². The summed E-state index contributed by atoms with van der Waals surface area (Å²) in [6.45, 7) is 5.44. The summed E-state index contributed by atoms with van der Waals surface area (Å²) in [5, 5.41) is 4.09. The number of hydrogen-bond acceptors (Lipinski definition) is 4. The summed E-state index contributed by atoms with van der Waals surface area (Å²) in [7, 11) is 0. The monoisotopic (exact) mass is 416 g/mol. The van der Waals surface area contributed by atoms with Crippen molar-refractivity contribution in [1.82, 2.24) is 5.43 Å². The van der Waals surface area contributed by atoms with Crippen LogP contribution in [0.4, 0.5) is 0 Å². The van der Waals surface area contributed by atoms with E-state index in [9.17, 15) is 4.79 Å².